The fourth-order valence-corrected chi connectivity index (χ4v) is 4.33. The Hall–Kier alpha value is -3.25. The third kappa shape index (κ3) is 7.36. The van der Waals surface area contributed by atoms with Crippen LogP contribution in [-0.2, 0) is 11.3 Å². The molecule has 0 aromatic heterocycles. The van der Waals surface area contributed by atoms with Crippen molar-refractivity contribution >= 4 is 18.0 Å². The third-order valence-corrected chi connectivity index (χ3v) is 6.03. The van der Waals surface area contributed by atoms with Crippen LogP contribution >= 0.6 is 0 Å². The number of piperidine rings is 1. The minimum atomic E-state index is -4.94. The summed E-state index contributed by atoms with van der Waals surface area (Å²) < 4.78 is 55.0. The van der Waals surface area contributed by atoms with E-state index in [1.807, 2.05) is 0 Å². The summed E-state index contributed by atoms with van der Waals surface area (Å²) >= 11 is 0. The first kappa shape index (κ1) is 26.4. The van der Waals surface area contributed by atoms with Crippen LogP contribution in [0.3, 0.4) is 0 Å². The van der Waals surface area contributed by atoms with Crippen LogP contribution in [0.4, 0.5) is 27.2 Å². The maximum Gasteiger partial charge on any atom is 0.573 e. The second-order valence-corrected chi connectivity index (χ2v) is 8.69. The van der Waals surface area contributed by atoms with Crippen LogP contribution in [0.25, 0.3) is 0 Å². The van der Waals surface area contributed by atoms with E-state index < -0.39 is 24.0 Å². The maximum absolute atomic E-state index is 14.3. The van der Waals surface area contributed by atoms with E-state index >= 15 is 0 Å². The summed E-state index contributed by atoms with van der Waals surface area (Å²) in [6, 6.07) is 1.53. The number of nitrogens with zero attached hydrogens (tertiary/aromatic N) is 2. The molecule has 1 aliphatic heterocycles. The Morgan fingerprint density at radius 1 is 1.11 bits per heavy atom. The predicted octanol–water partition coefficient (Wildman–Crippen LogP) is 2.56. The predicted molar refractivity (Wildman–Crippen MR) is 117 cm³/mol. The van der Waals surface area contributed by atoms with E-state index in [4.69, 9.17) is 0 Å². The molecule has 194 valence electrons. The minimum absolute atomic E-state index is 0.00301. The molecule has 0 spiro atoms. The molecule has 1 aliphatic carbocycles. The number of ether oxygens (including phenoxy) is 1. The summed E-state index contributed by atoms with van der Waals surface area (Å²) in [5, 5.41) is 7.78. The average Bonchev–Trinajstić information content (AvgIpc) is 3.61. The van der Waals surface area contributed by atoms with Gasteiger partial charge in [0, 0.05) is 57.8 Å². The molecule has 3 rings (SSSR count). The second-order valence-electron chi connectivity index (χ2n) is 8.69. The van der Waals surface area contributed by atoms with E-state index in [-0.39, 0.29) is 55.0 Å². The van der Waals surface area contributed by atoms with Gasteiger partial charge in [0.25, 0.3) is 0 Å². The highest BCUT2D eigenvalue weighted by atomic mass is 19.4. The Labute approximate surface area is 200 Å². The van der Waals surface area contributed by atoms with Crippen molar-refractivity contribution in [2.45, 2.75) is 50.7 Å². The van der Waals surface area contributed by atoms with Crippen molar-refractivity contribution in [3.05, 3.63) is 29.6 Å². The van der Waals surface area contributed by atoms with Gasteiger partial charge in [0.15, 0.2) is 0 Å². The number of carbonyl (C=O) groups is 3. The number of hydrogen-bond donors (Lipinski definition) is 3. The van der Waals surface area contributed by atoms with E-state index in [9.17, 15) is 31.9 Å². The van der Waals surface area contributed by atoms with Crippen molar-refractivity contribution in [2.75, 3.05) is 27.2 Å². The molecule has 2 aliphatic rings. The first-order valence-electron chi connectivity index (χ1n) is 11.3. The zero-order valence-electron chi connectivity index (χ0n) is 19.5. The van der Waals surface area contributed by atoms with Crippen molar-refractivity contribution in [1.29, 1.82) is 0 Å². The van der Waals surface area contributed by atoms with Gasteiger partial charge in [-0.25, -0.2) is 14.0 Å². The lowest BCUT2D eigenvalue weighted by Crippen LogP contribution is -2.58. The number of hydrogen-bond acceptors (Lipinski definition) is 4. The third-order valence-electron chi connectivity index (χ3n) is 6.03. The molecule has 2 atom stereocenters. The molecule has 35 heavy (non-hydrogen) atoms. The normalized spacial score (nSPS) is 20.1. The van der Waals surface area contributed by atoms with Gasteiger partial charge in [-0.2, -0.15) is 0 Å². The Morgan fingerprint density at radius 2 is 1.83 bits per heavy atom. The van der Waals surface area contributed by atoms with Crippen molar-refractivity contribution in [2.24, 2.45) is 5.92 Å². The van der Waals surface area contributed by atoms with E-state index in [1.165, 1.54) is 14.1 Å². The first-order valence-corrected chi connectivity index (χ1v) is 11.3. The van der Waals surface area contributed by atoms with Crippen molar-refractivity contribution in [3.63, 3.8) is 0 Å². The number of benzene rings is 1. The van der Waals surface area contributed by atoms with Gasteiger partial charge < -0.3 is 30.5 Å². The van der Waals surface area contributed by atoms with Crippen LogP contribution in [0.1, 0.15) is 31.2 Å². The van der Waals surface area contributed by atoms with E-state index in [0.29, 0.717) is 19.0 Å². The molecular formula is C22H29F4N5O4. The molecule has 1 saturated carbocycles. The van der Waals surface area contributed by atoms with Crippen LogP contribution in [0.5, 0.6) is 5.75 Å². The average molecular weight is 503 g/mol. The van der Waals surface area contributed by atoms with Gasteiger partial charge in [-0.1, -0.05) is 6.07 Å². The number of nitrogens with one attached hydrogen (secondary N) is 3. The lowest BCUT2D eigenvalue weighted by molar-refractivity contribution is -0.274. The van der Waals surface area contributed by atoms with Crippen molar-refractivity contribution < 1.29 is 36.7 Å². The number of urea groups is 2. The highest BCUT2D eigenvalue weighted by molar-refractivity contribution is 5.78. The van der Waals surface area contributed by atoms with Gasteiger partial charge in [0.1, 0.15) is 11.6 Å². The molecule has 1 saturated heterocycles. The molecule has 5 amide bonds. The van der Waals surface area contributed by atoms with Crippen LogP contribution in [-0.4, -0.2) is 73.4 Å². The van der Waals surface area contributed by atoms with Gasteiger partial charge in [0.05, 0.1) is 6.04 Å². The van der Waals surface area contributed by atoms with Gasteiger partial charge in [-0.05, 0) is 31.2 Å². The summed E-state index contributed by atoms with van der Waals surface area (Å²) in [7, 11) is 3.04. The summed E-state index contributed by atoms with van der Waals surface area (Å²) in [5.74, 6) is -1.95. The molecule has 1 heterocycles. The fraction of sp³-hybridized carbons (Fsp3) is 0.591. The Morgan fingerprint density at radius 3 is 2.40 bits per heavy atom. The summed E-state index contributed by atoms with van der Waals surface area (Å²) in [5.41, 5.74) is -0.00301. The Bertz CT molecular complexity index is 941. The van der Waals surface area contributed by atoms with Crippen LogP contribution in [0.15, 0.2) is 18.2 Å². The lowest BCUT2D eigenvalue weighted by Gasteiger charge is -2.42. The maximum atomic E-state index is 14.3. The Kier molecular flexibility index (Phi) is 8.28. The smallest absolute Gasteiger partial charge is 0.406 e. The first-order chi connectivity index (χ1) is 16.5. The van der Waals surface area contributed by atoms with E-state index in [2.05, 4.69) is 20.7 Å². The number of amides is 5. The molecule has 1 aromatic rings. The van der Waals surface area contributed by atoms with Gasteiger partial charge in [-0.3, -0.25) is 4.79 Å². The minimum Gasteiger partial charge on any atom is -0.406 e. The molecule has 9 nitrogen and oxygen atoms in total. The highest BCUT2D eigenvalue weighted by Gasteiger charge is 2.42. The SMILES string of the molecule is CNC(=O)CC1C[C@@H](N(C(=O)NCc2ccc(OC(F)(F)F)cc2F)C2CC2)CN(C(=O)NC)C1. The Balaban J connectivity index is 1.69. The standard InChI is InChI=1S/C22H29F4N5O4/c1-27-19(32)8-13-7-16(12-30(11-13)20(33)28-2)31(15-4-5-15)21(34)29-10-14-3-6-17(9-18(14)23)35-22(24,25)26/h3,6,9,13,15-16H,4-5,7-8,10-12H2,1-2H3,(H,27,32)(H,28,33)(H,29,34)/t13?,16-/m1/s1. The van der Waals surface area contributed by atoms with Gasteiger partial charge >= 0.3 is 18.4 Å². The number of rotatable bonds is 7. The molecule has 2 fully saturated rings. The zero-order valence-corrected chi connectivity index (χ0v) is 19.5. The number of carbonyl (C=O) groups excluding carboxylic acids is 3. The van der Waals surface area contributed by atoms with Crippen LogP contribution in [0, 0.1) is 11.7 Å². The molecule has 13 heteroatoms. The summed E-state index contributed by atoms with van der Waals surface area (Å²) in [6.07, 6.45) is -2.66. The van der Waals surface area contributed by atoms with Crippen molar-refractivity contribution in [1.82, 2.24) is 25.8 Å². The number of likely N-dealkylation sites (tertiary alicyclic amines) is 1. The van der Waals surface area contributed by atoms with E-state index in [0.717, 1.165) is 25.0 Å². The zero-order chi connectivity index (χ0) is 25.8. The van der Waals surface area contributed by atoms with Gasteiger partial charge in [-0.15, -0.1) is 13.2 Å². The number of alkyl halides is 3. The van der Waals surface area contributed by atoms with Crippen LogP contribution in [0.2, 0.25) is 0 Å². The molecule has 0 radical (unpaired) electrons. The summed E-state index contributed by atoms with van der Waals surface area (Å²) in [6.45, 7) is 0.417. The quantitative estimate of drug-likeness (QED) is 0.498. The van der Waals surface area contributed by atoms with E-state index in [1.54, 1.807) is 9.80 Å². The largest absolute Gasteiger partial charge is 0.573 e. The second kappa shape index (κ2) is 11.0. The molecule has 0 bridgehead atoms. The molecule has 3 N–H and O–H groups in total. The number of halogens is 4. The summed E-state index contributed by atoms with van der Waals surface area (Å²) in [4.78, 5) is 40.6. The topological polar surface area (TPSA) is 103 Å². The lowest BCUT2D eigenvalue weighted by atomic mass is 9.90. The molecular weight excluding hydrogens is 474 g/mol. The monoisotopic (exact) mass is 503 g/mol. The molecule has 1 aromatic carbocycles. The highest BCUT2D eigenvalue weighted by Crippen LogP contribution is 2.33. The molecule has 1 unspecified atom stereocenters. The van der Waals surface area contributed by atoms with Crippen LogP contribution < -0.4 is 20.7 Å². The van der Waals surface area contributed by atoms with Crippen molar-refractivity contribution in [3.8, 4) is 5.75 Å². The fourth-order valence-electron chi connectivity index (χ4n) is 4.33. The van der Waals surface area contributed by atoms with Gasteiger partial charge in [0.2, 0.25) is 5.91 Å².